The van der Waals surface area contributed by atoms with Crippen LogP contribution in [0, 0.1) is 5.92 Å². The Labute approximate surface area is 119 Å². The highest BCUT2D eigenvalue weighted by Gasteiger charge is 2.44. The number of rotatable bonds is 2. The van der Waals surface area contributed by atoms with Crippen molar-refractivity contribution in [2.45, 2.75) is 45.3 Å². The fourth-order valence-corrected chi connectivity index (χ4v) is 3.10. The molecule has 0 unspecified atom stereocenters. The average molecular weight is 272 g/mol. The van der Waals surface area contributed by atoms with E-state index in [0.717, 1.165) is 12.0 Å². The van der Waals surface area contributed by atoms with Crippen molar-refractivity contribution in [3.63, 3.8) is 0 Å². The Bertz CT molecular complexity index is 555. The highest BCUT2D eigenvalue weighted by atomic mass is 16.2. The topological polar surface area (TPSA) is 49.4 Å². The van der Waals surface area contributed by atoms with E-state index in [1.54, 1.807) is 4.90 Å². The second-order valence-corrected chi connectivity index (χ2v) is 5.83. The van der Waals surface area contributed by atoms with E-state index in [4.69, 9.17) is 0 Å². The smallest absolute Gasteiger partial charge is 0.246 e. The van der Waals surface area contributed by atoms with Crippen LogP contribution in [-0.4, -0.2) is 28.8 Å². The van der Waals surface area contributed by atoms with Crippen LogP contribution in [0.5, 0.6) is 0 Å². The van der Waals surface area contributed by atoms with Crippen molar-refractivity contribution < 1.29 is 9.59 Å². The van der Waals surface area contributed by atoms with Crippen LogP contribution in [0.4, 0.5) is 0 Å². The van der Waals surface area contributed by atoms with Gasteiger partial charge in [0.1, 0.15) is 12.1 Å². The van der Waals surface area contributed by atoms with E-state index in [9.17, 15) is 9.59 Å². The number of benzene rings is 1. The number of hydrogen-bond donors (Lipinski definition) is 1. The van der Waals surface area contributed by atoms with Crippen LogP contribution in [0.25, 0.3) is 0 Å². The van der Waals surface area contributed by atoms with E-state index < -0.39 is 0 Å². The minimum absolute atomic E-state index is 0.00981. The maximum absolute atomic E-state index is 12.6. The average Bonchev–Trinajstić information content (AvgIpc) is 2.48. The quantitative estimate of drug-likeness (QED) is 0.886. The minimum atomic E-state index is -0.367. The molecule has 2 heterocycles. The minimum Gasteiger partial charge on any atom is -0.342 e. The normalized spacial score (nSPS) is 26.6. The summed E-state index contributed by atoms with van der Waals surface area (Å²) in [6.07, 6.45) is 1.51. The number of fused-ring (bicyclic) bond motifs is 2. The fourth-order valence-electron chi connectivity index (χ4n) is 3.10. The van der Waals surface area contributed by atoms with Crippen molar-refractivity contribution in [1.29, 1.82) is 0 Å². The van der Waals surface area contributed by atoms with Crippen LogP contribution < -0.4 is 5.32 Å². The van der Waals surface area contributed by atoms with Gasteiger partial charge in [-0.25, -0.2) is 0 Å². The Hall–Kier alpha value is -1.84. The van der Waals surface area contributed by atoms with E-state index in [1.165, 1.54) is 5.56 Å². The van der Waals surface area contributed by atoms with Crippen LogP contribution in [-0.2, 0) is 22.6 Å². The Kier molecular flexibility index (Phi) is 3.24. The maximum atomic E-state index is 12.6. The highest BCUT2D eigenvalue weighted by Crippen LogP contribution is 2.28. The van der Waals surface area contributed by atoms with Gasteiger partial charge >= 0.3 is 0 Å². The molecule has 1 aromatic carbocycles. The van der Waals surface area contributed by atoms with Crippen LogP contribution in [0.15, 0.2) is 24.3 Å². The van der Waals surface area contributed by atoms with Gasteiger partial charge in [-0.2, -0.15) is 0 Å². The molecule has 2 aliphatic rings. The molecule has 1 fully saturated rings. The van der Waals surface area contributed by atoms with Gasteiger partial charge in [0.05, 0.1) is 0 Å². The first-order valence-electron chi connectivity index (χ1n) is 7.29. The first-order valence-corrected chi connectivity index (χ1v) is 7.29. The summed E-state index contributed by atoms with van der Waals surface area (Å²) < 4.78 is 0. The van der Waals surface area contributed by atoms with Crippen molar-refractivity contribution in [3.8, 4) is 0 Å². The van der Waals surface area contributed by atoms with Gasteiger partial charge in [0, 0.05) is 13.0 Å². The Morgan fingerprint density at radius 3 is 2.70 bits per heavy atom. The van der Waals surface area contributed by atoms with E-state index in [2.05, 4.69) is 5.32 Å². The summed E-state index contributed by atoms with van der Waals surface area (Å²) >= 11 is 0. The molecule has 106 valence electrons. The number of hydrogen-bond acceptors (Lipinski definition) is 2. The molecule has 3 rings (SSSR count). The molecule has 2 amide bonds. The number of piperazine rings is 1. The molecule has 0 bridgehead atoms. The first kappa shape index (κ1) is 13.2. The van der Waals surface area contributed by atoms with Gasteiger partial charge in [-0.15, -0.1) is 0 Å². The lowest BCUT2D eigenvalue weighted by molar-refractivity contribution is -0.152. The molecule has 1 N–H and O–H groups in total. The SMILES string of the molecule is CC[C@H](C)[C@@H]1NC(=O)[C@H]2Cc3ccccc3CN2C1=O. The molecule has 0 saturated carbocycles. The lowest BCUT2D eigenvalue weighted by Gasteiger charge is -2.43. The summed E-state index contributed by atoms with van der Waals surface area (Å²) in [5.74, 6) is 0.229. The molecule has 3 atom stereocenters. The van der Waals surface area contributed by atoms with Gasteiger partial charge in [-0.05, 0) is 17.0 Å². The molecule has 4 nitrogen and oxygen atoms in total. The van der Waals surface area contributed by atoms with Crippen molar-refractivity contribution >= 4 is 11.8 Å². The van der Waals surface area contributed by atoms with Crippen LogP contribution in [0.2, 0.25) is 0 Å². The van der Waals surface area contributed by atoms with E-state index >= 15 is 0 Å². The number of amides is 2. The molecule has 20 heavy (non-hydrogen) atoms. The van der Waals surface area contributed by atoms with E-state index in [-0.39, 0.29) is 29.8 Å². The number of carbonyl (C=O) groups is 2. The molecule has 1 saturated heterocycles. The monoisotopic (exact) mass is 272 g/mol. The number of carbonyl (C=O) groups excluding carboxylic acids is 2. The Morgan fingerprint density at radius 2 is 2.00 bits per heavy atom. The van der Waals surface area contributed by atoms with Crippen LogP contribution >= 0.6 is 0 Å². The van der Waals surface area contributed by atoms with Crippen molar-refractivity contribution in [1.82, 2.24) is 10.2 Å². The van der Waals surface area contributed by atoms with Gasteiger partial charge in [0.25, 0.3) is 0 Å². The molecule has 1 aromatic rings. The largest absolute Gasteiger partial charge is 0.342 e. The van der Waals surface area contributed by atoms with Gasteiger partial charge in [0.15, 0.2) is 0 Å². The van der Waals surface area contributed by atoms with Crippen molar-refractivity contribution in [3.05, 3.63) is 35.4 Å². The summed E-state index contributed by atoms with van der Waals surface area (Å²) in [6, 6.07) is 7.36. The Morgan fingerprint density at radius 1 is 1.30 bits per heavy atom. The molecular weight excluding hydrogens is 252 g/mol. The Balaban J connectivity index is 1.92. The predicted octanol–water partition coefficient (Wildman–Crippen LogP) is 1.48. The van der Waals surface area contributed by atoms with Gasteiger partial charge in [0.2, 0.25) is 11.8 Å². The zero-order chi connectivity index (χ0) is 14.3. The van der Waals surface area contributed by atoms with E-state index in [0.29, 0.717) is 13.0 Å². The van der Waals surface area contributed by atoms with Crippen LogP contribution in [0.3, 0.4) is 0 Å². The standard InChI is InChI=1S/C16H20N2O2/c1-3-10(2)14-16(20)18-9-12-7-5-4-6-11(12)8-13(18)15(19)17-14/h4-7,10,13-14H,3,8-9H2,1-2H3,(H,17,19)/t10-,13+,14-/m0/s1. The second-order valence-electron chi connectivity index (χ2n) is 5.83. The summed E-state index contributed by atoms with van der Waals surface area (Å²) in [6.45, 7) is 4.61. The van der Waals surface area contributed by atoms with Gasteiger partial charge in [-0.3, -0.25) is 9.59 Å². The van der Waals surface area contributed by atoms with Crippen molar-refractivity contribution in [2.75, 3.05) is 0 Å². The third-order valence-electron chi connectivity index (χ3n) is 4.61. The van der Waals surface area contributed by atoms with Crippen molar-refractivity contribution in [2.24, 2.45) is 5.92 Å². The molecule has 0 aliphatic carbocycles. The molecule has 2 aliphatic heterocycles. The summed E-state index contributed by atoms with van der Waals surface area (Å²) in [7, 11) is 0. The van der Waals surface area contributed by atoms with Crippen LogP contribution in [0.1, 0.15) is 31.4 Å². The summed E-state index contributed by atoms with van der Waals surface area (Å²) in [5.41, 5.74) is 2.34. The highest BCUT2D eigenvalue weighted by molar-refractivity contribution is 5.97. The third-order valence-corrected chi connectivity index (χ3v) is 4.61. The number of nitrogens with zero attached hydrogens (tertiary/aromatic N) is 1. The molecule has 0 spiro atoms. The number of nitrogens with one attached hydrogen (secondary N) is 1. The predicted molar refractivity (Wildman–Crippen MR) is 75.9 cm³/mol. The summed E-state index contributed by atoms with van der Waals surface area (Å²) in [4.78, 5) is 26.7. The van der Waals surface area contributed by atoms with E-state index in [1.807, 2.05) is 38.1 Å². The lowest BCUT2D eigenvalue weighted by Crippen LogP contribution is -2.66. The summed E-state index contributed by atoms with van der Waals surface area (Å²) in [5, 5.41) is 2.92. The fraction of sp³-hybridized carbons (Fsp3) is 0.500. The second kappa shape index (κ2) is 4.93. The molecule has 0 aromatic heterocycles. The van der Waals surface area contributed by atoms with Gasteiger partial charge < -0.3 is 10.2 Å². The lowest BCUT2D eigenvalue weighted by atomic mass is 9.88. The molecule has 4 heteroatoms. The maximum Gasteiger partial charge on any atom is 0.246 e. The molecule has 0 radical (unpaired) electrons. The zero-order valence-electron chi connectivity index (χ0n) is 11.9. The molecular formula is C16H20N2O2. The zero-order valence-corrected chi connectivity index (χ0v) is 11.9. The van der Waals surface area contributed by atoms with Gasteiger partial charge in [-0.1, -0.05) is 44.5 Å². The third kappa shape index (κ3) is 1.99. The first-order chi connectivity index (χ1) is 9.61.